The van der Waals surface area contributed by atoms with Crippen LogP contribution in [0.2, 0.25) is 0 Å². The van der Waals surface area contributed by atoms with Gasteiger partial charge in [-0.1, -0.05) is 37.3 Å². The van der Waals surface area contributed by atoms with Crippen LogP contribution in [0.3, 0.4) is 0 Å². The summed E-state index contributed by atoms with van der Waals surface area (Å²) < 4.78 is 14.0. The molecule has 0 unspecified atom stereocenters. The molecule has 148 valence electrons. The van der Waals surface area contributed by atoms with Crippen molar-refractivity contribution in [1.29, 1.82) is 0 Å². The van der Waals surface area contributed by atoms with Gasteiger partial charge in [-0.3, -0.25) is 9.59 Å². The number of benzene rings is 1. The minimum Gasteiger partial charge on any atom is -0.369 e. The number of amides is 1. The quantitative estimate of drug-likeness (QED) is 0.833. The molecule has 0 saturated carbocycles. The third-order valence-corrected chi connectivity index (χ3v) is 6.58. The van der Waals surface area contributed by atoms with Crippen molar-refractivity contribution in [3.8, 4) is 0 Å². The second-order valence-electron chi connectivity index (χ2n) is 8.44. The van der Waals surface area contributed by atoms with E-state index in [9.17, 15) is 14.0 Å². The van der Waals surface area contributed by atoms with Crippen molar-refractivity contribution in [2.45, 2.75) is 39.5 Å². The molecule has 1 aliphatic heterocycles. The van der Waals surface area contributed by atoms with Crippen molar-refractivity contribution in [3.05, 3.63) is 40.7 Å². The fourth-order valence-electron chi connectivity index (χ4n) is 4.07. The number of rotatable bonds is 3. The highest BCUT2D eigenvalue weighted by atomic mass is 32.1. The molecule has 0 bridgehead atoms. The number of fused-ring (bicyclic) bond motifs is 1. The van der Waals surface area contributed by atoms with Crippen molar-refractivity contribution < 1.29 is 14.0 Å². The summed E-state index contributed by atoms with van der Waals surface area (Å²) in [5.41, 5.74) is 1.31. The lowest BCUT2D eigenvalue weighted by atomic mass is 9.78. The van der Waals surface area contributed by atoms with E-state index in [1.165, 1.54) is 17.4 Å². The third kappa shape index (κ3) is 3.81. The second-order valence-corrected chi connectivity index (χ2v) is 9.44. The number of ketones is 1. The van der Waals surface area contributed by atoms with Crippen LogP contribution in [0.4, 0.5) is 15.2 Å². The maximum Gasteiger partial charge on any atom is 0.229 e. The van der Waals surface area contributed by atoms with Gasteiger partial charge < -0.3 is 10.2 Å². The molecule has 1 aromatic heterocycles. The zero-order valence-corrected chi connectivity index (χ0v) is 16.9. The molecule has 1 fully saturated rings. The summed E-state index contributed by atoms with van der Waals surface area (Å²) >= 11 is 1.28. The molecule has 5 nitrogen and oxygen atoms in total. The fraction of sp³-hybridized carbons (Fsp3) is 0.476. The van der Waals surface area contributed by atoms with Gasteiger partial charge in [-0.2, -0.15) is 0 Å². The van der Waals surface area contributed by atoms with E-state index < -0.39 is 0 Å². The van der Waals surface area contributed by atoms with Gasteiger partial charge in [0.2, 0.25) is 5.91 Å². The standard InChI is InChI=1S/C21H24FN3O2S/c1-21(2)11-15-18(17(26)12-21)28-20(23-15)24-19(27)13-7-9-25(10-8-13)16-6-4-3-5-14(16)22/h3-6,13H,7-12H2,1-2H3,(H,23,24,27). The number of carbonyl (C=O) groups is 2. The molecule has 1 aromatic carbocycles. The van der Waals surface area contributed by atoms with Gasteiger partial charge in [-0.15, -0.1) is 0 Å². The van der Waals surface area contributed by atoms with E-state index >= 15 is 0 Å². The predicted molar refractivity (Wildman–Crippen MR) is 109 cm³/mol. The summed E-state index contributed by atoms with van der Waals surface area (Å²) in [5.74, 6) is -0.309. The highest BCUT2D eigenvalue weighted by Crippen LogP contribution is 2.38. The maximum atomic E-state index is 14.0. The summed E-state index contributed by atoms with van der Waals surface area (Å²) in [6, 6.07) is 6.73. The van der Waals surface area contributed by atoms with Crippen LogP contribution in [-0.2, 0) is 11.2 Å². The third-order valence-electron chi connectivity index (χ3n) is 5.52. The topological polar surface area (TPSA) is 62.3 Å². The van der Waals surface area contributed by atoms with E-state index in [1.54, 1.807) is 12.1 Å². The van der Waals surface area contributed by atoms with Crippen molar-refractivity contribution >= 4 is 33.8 Å². The van der Waals surface area contributed by atoms with Crippen LogP contribution in [-0.4, -0.2) is 29.8 Å². The lowest BCUT2D eigenvalue weighted by Gasteiger charge is -2.33. The number of nitrogens with one attached hydrogen (secondary N) is 1. The summed E-state index contributed by atoms with van der Waals surface area (Å²) in [4.78, 5) is 32.2. The van der Waals surface area contributed by atoms with E-state index in [0.717, 1.165) is 12.1 Å². The summed E-state index contributed by atoms with van der Waals surface area (Å²) in [5, 5.41) is 3.42. The first-order valence-corrected chi connectivity index (χ1v) is 10.5. The minimum atomic E-state index is -0.230. The maximum absolute atomic E-state index is 14.0. The smallest absolute Gasteiger partial charge is 0.229 e. The Labute approximate surface area is 168 Å². The van der Waals surface area contributed by atoms with E-state index in [-0.39, 0.29) is 28.8 Å². The molecular weight excluding hydrogens is 377 g/mol. The number of carbonyl (C=O) groups excluding carboxylic acids is 2. The Balaban J connectivity index is 1.38. The molecule has 1 amide bonds. The SMILES string of the molecule is CC1(C)CC(=O)c2sc(NC(=O)C3CCN(c4ccccc4F)CC3)nc2C1. The number of hydrogen-bond acceptors (Lipinski definition) is 5. The minimum absolute atomic E-state index is 0.0639. The fourth-order valence-corrected chi connectivity index (χ4v) is 4.99. The largest absolute Gasteiger partial charge is 0.369 e. The van der Waals surface area contributed by atoms with Gasteiger partial charge in [0.25, 0.3) is 0 Å². The monoisotopic (exact) mass is 401 g/mol. The number of hydrogen-bond donors (Lipinski definition) is 1. The van der Waals surface area contributed by atoms with Crippen molar-refractivity contribution in [1.82, 2.24) is 4.98 Å². The van der Waals surface area contributed by atoms with Gasteiger partial charge in [0.05, 0.1) is 16.3 Å². The lowest BCUT2D eigenvalue weighted by Crippen LogP contribution is -2.38. The first-order valence-electron chi connectivity index (χ1n) is 9.66. The predicted octanol–water partition coefficient (Wildman–Crippen LogP) is 4.29. The number of aromatic nitrogens is 1. The molecule has 0 atom stereocenters. The van der Waals surface area contributed by atoms with Gasteiger partial charge in [0.15, 0.2) is 10.9 Å². The molecular formula is C21H24FN3O2S. The van der Waals surface area contributed by atoms with Crippen LogP contribution in [0.5, 0.6) is 0 Å². The molecule has 1 saturated heterocycles. The van der Waals surface area contributed by atoms with E-state index in [1.807, 2.05) is 11.0 Å². The van der Waals surface area contributed by atoms with Gasteiger partial charge in [0.1, 0.15) is 5.82 Å². The Hall–Kier alpha value is -2.28. The number of para-hydroxylation sites is 1. The average Bonchev–Trinajstić information content (AvgIpc) is 3.03. The number of piperidine rings is 1. The van der Waals surface area contributed by atoms with Crippen LogP contribution in [0.1, 0.15) is 48.5 Å². The molecule has 2 aromatic rings. The first-order chi connectivity index (χ1) is 13.3. The van der Waals surface area contributed by atoms with Gasteiger partial charge in [-0.05, 0) is 36.8 Å². The summed E-state index contributed by atoms with van der Waals surface area (Å²) in [6.45, 7) is 5.41. The molecule has 2 heterocycles. The summed E-state index contributed by atoms with van der Waals surface area (Å²) in [6.07, 6.45) is 2.60. The van der Waals surface area contributed by atoms with Crippen LogP contribution in [0.25, 0.3) is 0 Å². The number of thiazole rings is 1. The molecule has 7 heteroatoms. The van der Waals surface area contributed by atoms with Crippen LogP contribution >= 0.6 is 11.3 Å². The van der Waals surface area contributed by atoms with Crippen molar-refractivity contribution in [2.75, 3.05) is 23.3 Å². The first kappa shape index (κ1) is 19.1. The lowest BCUT2D eigenvalue weighted by molar-refractivity contribution is -0.120. The van der Waals surface area contributed by atoms with E-state index in [2.05, 4.69) is 24.1 Å². The number of nitrogens with zero attached hydrogens (tertiary/aromatic N) is 2. The average molecular weight is 402 g/mol. The molecule has 0 spiro atoms. The number of anilines is 2. The Morgan fingerprint density at radius 3 is 2.68 bits per heavy atom. The molecule has 2 aliphatic rings. The number of halogens is 1. The number of Topliss-reactive ketones (excluding diaryl/α,β-unsaturated/α-hetero) is 1. The second kappa shape index (κ2) is 7.28. The molecule has 0 radical (unpaired) electrons. The normalized spacial score (nSPS) is 19.4. The van der Waals surface area contributed by atoms with Gasteiger partial charge >= 0.3 is 0 Å². The Morgan fingerprint density at radius 2 is 1.96 bits per heavy atom. The Kier molecular flexibility index (Phi) is 4.95. The molecule has 1 aliphatic carbocycles. The highest BCUT2D eigenvalue weighted by molar-refractivity contribution is 7.17. The van der Waals surface area contributed by atoms with E-state index in [0.29, 0.717) is 48.0 Å². The zero-order chi connectivity index (χ0) is 19.9. The van der Waals surface area contributed by atoms with Crippen LogP contribution in [0.15, 0.2) is 24.3 Å². The Morgan fingerprint density at radius 1 is 1.25 bits per heavy atom. The molecule has 28 heavy (non-hydrogen) atoms. The highest BCUT2D eigenvalue weighted by Gasteiger charge is 2.34. The Bertz CT molecular complexity index is 916. The van der Waals surface area contributed by atoms with E-state index in [4.69, 9.17) is 0 Å². The van der Waals surface area contributed by atoms with Gasteiger partial charge in [-0.25, -0.2) is 9.37 Å². The molecule has 1 N–H and O–H groups in total. The molecule has 4 rings (SSSR count). The summed E-state index contributed by atoms with van der Waals surface area (Å²) in [7, 11) is 0. The van der Waals surface area contributed by atoms with Gasteiger partial charge in [0, 0.05) is 25.4 Å². The van der Waals surface area contributed by atoms with Crippen LogP contribution in [0, 0.1) is 17.2 Å². The van der Waals surface area contributed by atoms with Crippen LogP contribution < -0.4 is 10.2 Å². The van der Waals surface area contributed by atoms with Crippen molar-refractivity contribution in [3.63, 3.8) is 0 Å². The van der Waals surface area contributed by atoms with Crippen molar-refractivity contribution in [2.24, 2.45) is 11.3 Å². The zero-order valence-electron chi connectivity index (χ0n) is 16.1.